The van der Waals surface area contributed by atoms with Crippen LogP contribution in [-0.4, -0.2) is 6.61 Å². The van der Waals surface area contributed by atoms with Crippen LogP contribution in [0.3, 0.4) is 0 Å². The number of hydrogen-bond acceptors (Lipinski definition) is 2. The summed E-state index contributed by atoms with van der Waals surface area (Å²) in [5, 5.41) is 0. The van der Waals surface area contributed by atoms with Crippen molar-refractivity contribution in [2.45, 2.75) is 19.1 Å². The van der Waals surface area contributed by atoms with E-state index in [1.165, 1.54) is 6.07 Å². The van der Waals surface area contributed by atoms with Crippen LogP contribution in [0.4, 0.5) is 8.78 Å². The third kappa shape index (κ3) is 4.16. The molecule has 2 N–H and O–H groups in total. The molecular weight excluding hydrogens is 236 g/mol. The Morgan fingerprint density at radius 1 is 1.38 bits per heavy atom. The van der Waals surface area contributed by atoms with Crippen LogP contribution in [0.5, 0.6) is 5.75 Å². The fourth-order valence-electron chi connectivity index (χ4n) is 1.30. The van der Waals surface area contributed by atoms with Crippen LogP contribution in [-0.2, 0) is 0 Å². The van der Waals surface area contributed by atoms with Crippen molar-refractivity contribution >= 4 is 12.4 Å². The van der Waals surface area contributed by atoms with Crippen molar-refractivity contribution in [3.05, 3.63) is 42.5 Å². The van der Waals surface area contributed by atoms with Crippen LogP contribution in [0.1, 0.15) is 18.0 Å². The van der Waals surface area contributed by atoms with Gasteiger partial charge in [0.25, 0.3) is 0 Å². The van der Waals surface area contributed by atoms with E-state index in [-0.39, 0.29) is 24.2 Å². The third-order valence-corrected chi connectivity index (χ3v) is 1.96. The molecule has 1 rings (SSSR count). The van der Waals surface area contributed by atoms with Crippen molar-refractivity contribution < 1.29 is 13.5 Å². The monoisotopic (exact) mass is 249 g/mol. The van der Waals surface area contributed by atoms with Gasteiger partial charge in [-0.15, -0.1) is 19.0 Å². The summed E-state index contributed by atoms with van der Waals surface area (Å²) in [5.74, 6) is 0.127. The Hall–Kier alpha value is -1.13. The summed E-state index contributed by atoms with van der Waals surface area (Å²) in [7, 11) is 0. The van der Waals surface area contributed by atoms with Crippen molar-refractivity contribution in [3.8, 4) is 5.75 Å². The molecular formula is C11H14ClF2NO. The van der Waals surface area contributed by atoms with Crippen molar-refractivity contribution in [1.82, 2.24) is 0 Å². The smallest absolute Gasteiger partial charge is 0.387 e. The van der Waals surface area contributed by atoms with Crippen molar-refractivity contribution in [3.63, 3.8) is 0 Å². The zero-order chi connectivity index (χ0) is 11.3. The van der Waals surface area contributed by atoms with E-state index in [1.807, 2.05) is 0 Å². The number of rotatable bonds is 5. The molecule has 16 heavy (non-hydrogen) atoms. The van der Waals surface area contributed by atoms with E-state index in [9.17, 15) is 8.78 Å². The number of hydrogen-bond donors (Lipinski definition) is 1. The summed E-state index contributed by atoms with van der Waals surface area (Å²) in [6, 6.07) is 6.15. The van der Waals surface area contributed by atoms with Gasteiger partial charge in [-0.1, -0.05) is 24.3 Å². The Morgan fingerprint density at radius 2 is 2.00 bits per heavy atom. The molecule has 5 heteroatoms. The molecule has 0 spiro atoms. The molecule has 0 saturated heterocycles. The fraction of sp³-hybridized carbons (Fsp3) is 0.273. The van der Waals surface area contributed by atoms with E-state index >= 15 is 0 Å². The zero-order valence-corrected chi connectivity index (χ0v) is 9.42. The highest BCUT2D eigenvalue weighted by Gasteiger charge is 2.13. The van der Waals surface area contributed by atoms with E-state index < -0.39 is 6.61 Å². The third-order valence-electron chi connectivity index (χ3n) is 1.96. The minimum Gasteiger partial charge on any atom is -0.434 e. The van der Waals surface area contributed by atoms with Gasteiger partial charge in [-0.25, -0.2) is 0 Å². The molecule has 0 amide bonds. The quantitative estimate of drug-likeness (QED) is 0.813. The lowest BCUT2D eigenvalue weighted by molar-refractivity contribution is -0.0506. The number of nitrogens with two attached hydrogens (primary N) is 1. The Balaban J connectivity index is 0.00000225. The highest BCUT2D eigenvalue weighted by atomic mass is 35.5. The molecule has 0 radical (unpaired) electrons. The van der Waals surface area contributed by atoms with E-state index in [4.69, 9.17) is 5.73 Å². The van der Waals surface area contributed by atoms with Crippen LogP contribution in [0.2, 0.25) is 0 Å². The second-order valence-corrected chi connectivity index (χ2v) is 3.05. The first-order chi connectivity index (χ1) is 7.15. The summed E-state index contributed by atoms with van der Waals surface area (Å²) in [6.45, 7) is 0.716. The normalized spacial score (nSPS) is 11.8. The molecule has 1 atom stereocenters. The molecule has 1 aromatic carbocycles. The maximum Gasteiger partial charge on any atom is 0.387 e. The van der Waals surface area contributed by atoms with Gasteiger partial charge in [0.1, 0.15) is 5.75 Å². The Bertz CT molecular complexity index is 334. The van der Waals surface area contributed by atoms with Crippen molar-refractivity contribution in [2.24, 2.45) is 5.73 Å². The first-order valence-electron chi connectivity index (χ1n) is 4.55. The molecule has 0 saturated carbocycles. The molecule has 0 aliphatic heterocycles. The summed E-state index contributed by atoms with van der Waals surface area (Å²) in [5.41, 5.74) is 6.35. The molecule has 0 aliphatic rings. The number of para-hydroxylation sites is 1. The minimum atomic E-state index is -2.83. The lowest BCUT2D eigenvalue weighted by Gasteiger charge is -2.14. The average Bonchev–Trinajstić information content (AvgIpc) is 2.18. The summed E-state index contributed by atoms with van der Waals surface area (Å²) < 4.78 is 28.5. The van der Waals surface area contributed by atoms with Crippen LogP contribution in [0.25, 0.3) is 0 Å². The molecule has 0 aromatic heterocycles. The number of alkyl halides is 2. The first kappa shape index (κ1) is 14.9. The van der Waals surface area contributed by atoms with Gasteiger partial charge in [0.15, 0.2) is 0 Å². The lowest BCUT2D eigenvalue weighted by Crippen LogP contribution is -2.12. The molecule has 0 heterocycles. The Kier molecular flexibility index (Phi) is 6.69. The van der Waals surface area contributed by atoms with Gasteiger partial charge < -0.3 is 10.5 Å². The largest absolute Gasteiger partial charge is 0.434 e. The maximum atomic E-state index is 12.1. The van der Waals surface area contributed by atoms with Gasteiger partial charge in [-0.05, 0) is 12.5 Å². The average molecular weight is 250 g/mol. The minimum absolute atomic E-state index is 0. The first-order valence-corrected chi connectivity index (χ1v) is 4.55. The van der Waals surface area contributed by atoms with E-state index in [2.05, 4.69) is 11.3 Å². The zero-order valence-electron chi connectivity index (χ0n) is 8.61. The highest BCUT2D eigenvalue weighted by molar-refractivity contribution is 5.85. The second kappa shape index (κ2) is 7.19. The Morgan fingerprint density at radius 3 is 2.56 bits per heavy atom. The summed E-state index contributed by atoms with van der Waals surface area (Å²) in [4.78, 5) is 0. The van der Waals surface area contributed by atoms with E-state index in [0.717, 1.165) is 0 Å². The van der Waals surface area contributed by atoms with E-state index in [1.54, 1.807) is 24.3 Å². The second-order valence-electron chi connectivity index (χ2n) is 3.05. The standard InChI is InChI=1S/C11H13F2NO.ClH/c1-2-5-9(14)8-6-3-4-7-10(8)15-11(12)13;/h2-4,6-7,9,11H,1,5,14H2;1H/t9-;/m1./s1. The van der Waals surface area contributed by atoms with Crippen molar-refractivity contribution in [2.75, 3.05) is 0 Å². The predicted octanol–water partition coefficient (Wildman–Crippen LogP) is 3.29. The molecule has 0 unspecified atom stereocenters. The topological polar surface area (TPSA) is 35.2 Å². The summed E-state index contributed by atoms with van der Waals surface area (Å²) in [6.07, 6.45) is 2.16. The van der Waals surface area contributed by atoms with E-state index in [0.29, 0.717) is 12.0 Å². The van der Waals surface area contributed by atoms with Crippen LogP contribution in [0.15, 0.2) is 36.9 Å². The number of benzene rings is 1. The SMILES string of the molecule is C=CC[C@@H](N)c1ccccc1OC(F)F.Cl. The highest BCUT2D eigenvalue weighted by Crippen LogP contribution is 2.26. The fourth-order valence-corrected chi connectivity index (χ4v) is 1.30. The molecule has 2 nitrogen and oxygen atoms in total. The molecule has 0 aliphatic carbocycles. The molecule has 0 bridgehead atoms. The van der Waals surface area contributed by atoms with Gasteiger partial charge >= 0.3 is 6.61 Å². The van der Waals surface area contributed by atoms with Gasteiger partial charge in [0, 0.05) is 11.6 Å². The Labute approximate surface area is 99.5 Å². The summed E-state index contributed by atoms with van der Waals surface area (Å²) >= 11 is 0. The lowest BCUT2D eigenvalue weighted by atomic mass is 10.0. The van der Waals surface area contributed by atoms with Gasteiger partial charge in [-0.2, -0.15) is 8.78 Å². The van der Waals surface area contributed by atoms with Gasteiger partial charge in [0.05, 0.1) is 0 Å². The van der Waals surface area contributed by atoms with Crippen molar-refractivity contribution in [1.29, 1.82) is 0 Å². The van der Waals surface area contributed by atoms with Crippen LogP contribution in [0, 0.1) is 0 Å². The maximum absolute atomic E-state index is 12.1. The number of ether oxygens (including phenoxy) is 1. The number of halogens is 3. The van der Waals surface area contributed by atoms with Crippen LogP contribution < -0.4 is 10.5 Å². The molecule has 1 aromatic rings. The van der Waals surface area contributed by atoms with Crippen LogP contribution >= 0.6 is 12.4 Å². The van der Waals surface area contributed by atoms with Gasteiger partial charge in [0.2, 0.25) is 0 Å². The molecule has 0 fully saturated rings. The molecule has 90 valence electrons. The van der Waals surface area contributed by atoms with Gasteiger partial charge in [-0.3, -0.25) is 0 Å². The predicted molar refractivity (Wildman–Crippen MR) is 62.1 cm³/mol.